The molecule has 1 saturated carbocycles. The molecule has 3 aliphatic heterocycles. The van der Waals surface area contributed by atoms with Crippen molar-refractivity contribution in [2.45, 2.75) is 99.3 Å². The molecule has 4 fully saturated rings. The zero-order valence-corrected chi connectivity index (χ0v) is 30.3. The fourth-order valence-electron chi connectivity index (χ4n) is 7.72. The molecule has 0 bridgehead atoms. The van der Waals surface area contributed by atoms with E-state index in [0.29, 0.717) is 46.3 Å². The number of hydrogen-bond donors (Lipinski definition) is 5. The second kappa shape index (κ2) is 17.6. The number of thioether (sulfide) groups is 2. The number of carboxylic acid groups (broad SMARTS) is 1. The number of amides is 4. The topological polar surface area (TPSA) is 166 Å². The maximum Gasteiger partial charge on any atom is 0.315 e. The monoisotopic (exact) mass is 733 g/mol. The number of nitrogens with zero attached hydrogens (tertiary/aromatic N) is 1. The van der Waals surface area contributed by atoms with Crippen molar-refractivity contribution in [2.24, 2.45) is 16.9 Å². The van der Waals surface area contributed by atoms with Gasteiger partial charge in [0.15, 0.2) is 5.78 Å². The lowest BCUT2D eigenvalue weighted by Gasteiger charge is -2.19. The summed E-state index contributed by atoms with van der Waals surface area (Å²) < 4.78 is 0. The highest BCUT2D eigenvalue weighted by Gasteiger charge is 2.43. The number of urea groups is 1. The first-order valence-corrected chi connectivity index (χ1v) is 20.2. The second-order valence-electron chi connectivity index (χ2n) is 14.1. The van der Waals surface area contributed by atoms with Crippen molar-refractivity contribution in [3.63, 3.8) is 0 Å². The van der Waals surface area contributed by atoms with Crippen LogP contribution in [0.2, 0.25) is 0 Å². The molecule has 4 amide bonds. The van der Waals surface area contributed by atoms with Crippen LogP contribution in [0.25, 0.3) is 0 Å². The van der Waals surface area contributed by atoms with Crippen LogP contribution in [0.15, 0.2) is 59.7 Å². The minimum absolute atomic E-state index is 0.0825. The van der Waals surface area contributed by atoms with E-state index in [9.17, 15) is 24.0 Å². The highest BCUT2D eigenvalue weighted by Crippen LogP contribution is 2.47. The van der Waals surface area contributed by atoms with Gasteiger partial charge in [-0.3, -0.25) is 19.2 Å². The predicted molar refractivity (Wildman–Crippen MR) is 200 cm³/mol. The second-order valence-corrected chi connectivity index (χ2v) is 16.6. The first-order chi connectivity index (χ1) is 24.7. The summed E-state index contributed by atoms with van der Waals surface area (Å²) in [6.07, 6.45) is 7.39. The number of carbonyl (C=O) groups is 5. The maximum atomic E-state index is 13.6. The number of hydrazone groups is 1. The molecule has 0 spiro atoms. The van der Waals surface area contributed by atoms with Crippen molar-refractivity contribution in [1.29, 1.82) is 0 Å². The van der Waals surface area contributed by atoms with Gasteiger partial charge in [-0.15, -0.1) is 0 Å². The van der Waals surface area contributed by atoms with E-state index in [1.54, 1.807) is 24.3 Å². The standard InChI is InChI=1S/C38H47N5O6S2/c44-33(12-6-4-11-32-35-30(22-51-32)40-38(49)41-35)39-29(18-23-14-16-25(17-15-23)36(47)24-8-2-1-3-9-24)37(48)43-42-27-19-26-21-50-31(28(26)20-27)10-5-7-13-34(45)46/h1-3,8-9,14-17,26,28-32,35H,4-7,10-13,18-22H2,(H,39,44)(H,43,48)(H,45,46)(H2,40,41,49)/b42-27-/t26?,28?,29?,30?,31-,32-,35?/m0/s1. The number of unbranched alkanes of at least 4 members (excludes halogenated alkanes) is 2. The van der Waals surface area contributed by atoms with E-state index in [0.717, 1.165) is 61.3 Å². The van der Waals surface area contributed by atoms with Crippen LogP contribution in [0.1, 0.15) is 85.7 Å². The van der Waals surface area contributed by atoms with E-state index in [-0.39, 0.29) is 55.0 Å². The normalized spacial score (nSPS) is 26.2. The SMILES string of the molecule is O=C(O)CCCC[C@@H]1SCC2C/C(=N/NC(=O)C(Cc3ccc(C(=O)c4ccccc4)cc3)NC(=O)CCCC[C@@H]3SCC4NC(=O)NC43)CC21. The molecule has 51 heavy (non-hydrogen) atoms. The van der Waals surface area contributed by atoms with Gasteiger partial charge < -0.3 is 21.1 Å². The molecule has 5 unspecified atom stereocenters. The van der Waals surface area contributed by atoms with E-state index in [1.165, 1.54) is 0 Å². The van der Waals surface area contributed by atoms with Gasteiger partial charge in [0.05, 0.1) is 12.1 Å². The van der Waals surface area contributed by atoms with Gasteiger partial charge in [0.25, 0.3) is 5.91 Å². The summed E-state index contributed by atoms with van der Waals surface area (Å²) in [5, 5.41) is 23.2. The Hall–Kier alpha value is -3.84. The summed E-state index contributed by atoms with van der Waals surface area (Å²) in [6, 6.07) is 15.6. The average molecular weight is 734 g/mol. The van der Waals surface area contributed by atoms with E-state index in [2.05, 4.69) is 26.5 Å². The molecule has 2 aromatic rings. The Labute approximate surface area is 307 Å². The molecular weight excluding hydrogens is 687 g/mol. The number of carbonyl (C=O) groups excluding carboxylic acids is 4. The third-order valence-corrected chi connectivity index (χ3v) is 13.6. The molecule has 7 atom stereocenters. The molecular formula is C38H47N5O6S2. The van der Waals surface area contributed by atoms with Gasteiger partial charge in [-0.1, -0.05) is 67.4 Å². The molecule has 4 aliphatic rings. The van der Waals surface area contributed by atoms with Crippen molar-refractivity contribution in [3.05, 3.63) is 71.3 Å². The first kappa shape index (κ1) is 36.9. The number of fused-ring (bicyclic) bond motifs is 2. The molecule has 0 aromatic heterocycles. The molecule has 3 heterocycles. The number of nitrogens with one attached hydrogen (secondary N) is 4. The van der Waals surface area contributed by atoms with Crippen molar-refractivity contribution in [3.8, 4) is 0 Å². The quantitative estimate of drug-likeness (QED) is 0.0661. The van der Waals surface area contributed by atoms with Crippen LogP contribution >= 0.6 is 23.5 Å². The Morgan fingerprint density at radius 3 is 2.31 bits per heavy atom. The third-order valence-electron chi connectivity index (χ3n) is 10.5. The number of hydrogen-bond acceptors (Lipinski definition) is 8. The van der Waals surface area contributed by atoms with Gasteiger partial charge in [-0.25, -0.2) is 10.2 Å². The molecule has 1 aliphatic carbocycles. The van der Waals surface area contributed by atoms with Crippen molar-refractivity contribution >= 4 is 58.8 Å². The predicted octanol–water partition coefficient (Wildman–Crippen LogP) is 4.93. The molecule has 0 radical (unpaired) electrons. The molecule has 5 N–H and O–H groups in total. The van der Waals surface area contributed by atoms with E-state index < -0.39 is 12.0 Å². The van der Waals surface area contributed by atoms with Crippen LogP contribution in [-0.2, 0) is 20.8 Å². The molecule has 11 nitrogen and oxygen atoms in total. The number of benzene rings is 2. The first-order valence-electron chi connectivity index (χ1n) is 18.1. The summed E-state index contributed by atoms with van der Waals surface area (Å²) in [7, 11) is 0. The van der Waals surface area contributed by atoms with E-state index in [4.69, 9.17) is 5.11 Å². The van der Waals surface area contributed by atoms with Gasteiger partial charge in [-0.05, 0) is 61.7 Å². The Balaban J connectivity index is 1.04. The lowest BCUT2D eigenvalue weighted by Crippen LogP contribution is -2.47. The average Bonchev–Trinajstić information content (AvgIpc) is 3.90. The Morgan fingerprint density at radius 1 is 0.843 bits per heavy atom. The van der Waals surface area contributed by atoms with Gasteiger partial charge in [-0.2, -0.15) is 28.6 Å². The van der Waals surface area contributed by atoms with Gasteiger partial charge in [0.1, 0.15) is 6.04 Å². The highest BCUT2D eigenvalue weighted by molar-refractivity contribution is 8.00. The van der Waals surface area contributed by atoms with E-state index >= 15 is 0 Å². The van der Waals surface area contributed by atoms with Crippen LogP contribution in [0.4, 0.5) is 4.79 Å². The van der Waals surface area contributed by atoms with Gasteiger partial charge in [0.2, 0.25) is 5.91 Å². The highest BCUT2D eigenvalue weighted by atomic mass is 32.2. The van der Waals surface area contributed by atoms with Gasteiger partial charge in [0, 0.05) is 52.4 Å². The largest absolute Gasteiger partial charge is 0.481 e. The smallest absolute Gasteiger partial charge is 0.315 e. The Morgan fingerprint density at radius 2 is 1.55 bits per heavy atom. The van der Waals surface area contributed by atoms with Crippen molar-refractivity contribution < 1.29 is 29.1 Å². The minimum Gasteiger partial charge on any atom is -0.481 e. The zero-order valence-electron chi connectivity index (χ0n) is 28.7. The van der Waals surface area contributed by atoms with Crippen molar-refractivity contribution in [2.75, 3.05) is 11.5 Å². The molecule has 3 saturated heterocycles. The zero-order chi connectivity index (χ0) is 35.7. The number of rotatable bonds is 17. The van der Waals surface area contributed by atoms with Crippen molar-refractivity contribution in [1.82, 2.24) is 21.4 Å². The molecule has 272 valence electrons. The summed E-state index contributed by atoms with van der Waals surface area (Å²) in [4.78, 5) is 62.3. The summed E-state index contributed by atoms with van der Waals surface area (Å²) in [5.41, 5.74) is 5.69. The summed E-state index contributed by atoms with van der Waals surface area (Å²) >= 11 is 3.83. The lowest BCUT2D eigenvalue weighted by molar-refractivity contribution is -0.137. The van der Waals surface area contributed by atoms with E-state index in [1.807, 2.05) is 53.9 Å². The summed E-state index contributed by atoms with van der Waals surface area (Å²) in [6.45, 7) is 0. The molecule has 2 aromatic carbocycles. The minimum atomic E-state index is -0.845. The fraction of sp³-hybridized carbons (Fsp3) is 0.526. The van der Waals surface area contributed by atoms with Crippen LogP contribution in [0, 0.1) is 11.8 Å². The molecule has 6 rings (SSSR count). The Kier molecular flexibility index (Phi) is 12.7. The lowest BCUT2D eigenvalue weighted by atomic mass is 9.92. The Bertz CT molecular complexity index is 1610. The van der Waals surface area contributed by atoms with Crippen LogP contribution < -0.4 is 21.4 Å². The van der Waals surface area contributed by atoms with Crippen LogP contribution in [-0.4, -0.2) is 80.5 Å². The van der Waals surface area contributed by atoms with Crippen LogP contribution in [0.5, 0.6) is 0 Å². The number of aliphatic carboxylic acids is 1. The van der Waals surface area contributed by atoms with Gasteiger partial charge >= 0.3 is 12.0 Å². The number of ketones is 1. The maximum absolute atomic E-state index is 13.6. The summed E-state index contributed by atoms with van der Waals surface area (Å²) in [5.74, 6) is 1.52. The third kappa shape index (κ3) is 9.94. The molecule has 13 heteroatoms. The number of carboxylic acids is 1. The van der Waals surface area contributed by atoms with Crippen LogP contribution in [0.3, 0.4) is 0 Å². The fourth-order valence-corrected chi connectivity index (χ4v) is 11.0.